The maximum Gasteiger partial charge on any atom is 0.254 e. The SMILES string of the molecule is CCc1nc2ncnn2c(N[C@@H](C)c2ccc3ccccc3c2)c1Cl. The largest absolute Gasteiger partial charge is 0.362 e. The Hall–Kier alpha value is -2.66. The van der Waals surface area contributed by atoms with E-state index in [0.717, 1.165) is 17.9 Å². The van der Waals surface area contributed by atoms with Crippen LogP contribution in [0.2, 0.25) is 5.02 Å². The Morgan fingerprint density at radius 3 is 2.76 bits per heavy atom. The van der Waals surface area contributed by atoms with Crippen LogP contribution in [0.1, 0.15) is 31.1 Å². The van der Waals surface area contributed by atoms with Crippen LogP contribution in [-0.2, 0) is 6.42 Å². The highest BCUT2D eigenvalue weighted by atomic mass is 35.5. The van der Waals surface area contributed by atoms with Crippen LogP contribution in [0.15, 0.2) is 48.8 Å². The second-order valence-corrected chi connectivity index (χ2v) is 6.40. The lowest BCUT2D eigenvalue weighted by Crippen LogP contribution is -2.13. The molecule has 0 aliphatic carbocycles. The lowest BCUT2D eigenvalue weighted by atomic mass is 10.0. The first-order valence-electron chi connectivity index (χ1n) is 8.30. The summed E-state index contributed by atoms with van der Waals surface area (Å²) < 4.78 is 1.65. The average molecular weight is 352 g/mol. The van der Waals surface area contributed by atoms with Crippen molar-refractivity contribution < 1.29 is 0 Å². The molecule has 0 aliphatic heterocycles. The summed E-state index contributed by atoms with van der Waals surface area (Å²) in [5.41, 5.74) is 1.99. The van der Waals surface area contributed by atoms with Crippen LogP contribution in [0.4, 0.5) is 5.82 Å². The summed E-state index contributed by atoms with van der Waals surface area (Å²) in [5, 5.41) is 10.8. The molecule has 25 heavy (non-hydrogen) atoms. The van der Waals surface area contributed by atoms with Gasteiger partial charge in [-0.15, -0.1) is 0 Å². The first-order valence-corrected chi connectivity index (χ1v) is 8.68. The topological polar surface area (TPSA) is 55.1 Å². The van der Waals surface area contributed by atoms with Crippen LogP contribution < -0.4 is 5.32 Å². The van der Waals surface area contributed by atoms with E-state index in [9.17, 15) is 0 Å². The molecule has 5 nitrogen and oxygen atoms in total. The van der Waals surface area contributed by atoms with Crippen LogP contribution in [0.25, 0.3) is 16.6 Å². The summed E-state index contributed by atoms with van der Waals surface area (Å²) in [6, 6.07) is 14.9. The van der Waals surface area contributed by atoms with Crippen molar-refractivity contribution in [2.75, 3.05) is 5.32 Å². The number of nitrogens with one attached hydrogen (secondary N) is 1. The standard InChI is InChI=1S/C19H18ClN5/c1-3-16-17(20)18(25-19(24-16)21-11-22-25)23-12(2)14-9-8-13-6-4-5-7-15(13)10-14/h4-12,23H,3H2,1-2H3/t12-/m0/s1. The molecule has 0 saturated carbocycles. The van der Waals surface area contributed by atoms with Crippen LogP contribution in [0, 0.1) is 0 Å². The number of aromatic nitrogens is 4. The third kappa shape index (κ3) is 2.81. The van der Waals surface area contributed by atoms with Gasteiger partial charge in [-0.2, -0.15) is 14.6 Å². The van der Waals surface area contributed by atoms with Gasteiger partial charge < -0.3 is 5.32 Å². The predicted octanol–water partition coefficient (Wildman–Crippen LogP) is 4.67. The number of aryl methyl sites for hydroxylation is 1. The molecule has 0 bridgehead atoms. The van der Waals surface area contributed by atoms with Gasteiger partial charge in [0.15, 0.2) is 5.82 Å². The van der Waals surface area contributed by atoms with Crippen molar-refractivity contribution in [2.24, 2.45) is 0 Å². The number of nitrogens with zero attached hydrogens (tertiary/aromatic N) is 4. The number of hydrogen-bond donors (Lipinski definition) is 1. The minimum Gasteiger partial charge on any atom is -0.362 e. The van der Waals surface area contributed by atoms with Crippen LogP contribution in [0.5, 0.6) is 0 Å². The smallest absolute Gasteiger partial charge is 0.254 e. The fourth-order valence-corrected chi connectivity index (χ4v) is 3.30. The van der Waals surface area contributed by atoms with E-state index in [1.54, 1.807) is 4.52 Å². The average Bonchev–Trinajstić information content (AvgIpc) is 3.11. The molecule has 2 heterocycles. The van der Waals surface area contributed by atoms with Crippen molar-refractivity contribution in [3.8, 4) is 0 Å². The molecule has 0 spiro atoms. The van der Waals surface area contributed by atoms with Crippen molar-refractivity contribution in [1.29, 1.82) is 0 Å². The van der Waals surface area contributed by atoms with E-state index in [1.807, 2.05) is 13.0 Å². The van der Waals surface area contributed by atoms with Gasteiger partial charge in [-0.25, -0.2) is 4.98 Å². The van der Waals surface area contributed by atoms with Crippen molar-refractivity contribution >= 4 is 34.0 Å². The number of anilines is 1. The number of fused-ring (bicyclic) bond motifs is 2. The number of rotatable bonds is 4. The van der Waals surface area contributed by atoms with Crippen LogP contribution >= 0.6 is 11.6 Å². The molecule has 1 atom stereocenters. The van der Waals surface area contributed by atoms with Gasteiger partial charge in [-0.1, -0.05) is 54.9 Å². The second kappa shape index (κ2) is 6.33. The molecule has 0 unspecified atom stereocenters. The van der Waals surface area contributed by atoms with Crippen molar-refractivity contribution in [3.63, 3.8) is 0 Å². The van der Waals surface area contributed by atoms with Gasteiger partial charge in [0.1, 0.15) is 11.3 Å². The van der Waals surface area contributed by atoms with E-state index in [0.29, 0.717) is 10.8 Å². The molecule has 6 heteroatoms. The van der Waals surface area contributed by atoms with Gasteiger partial charge in [0.25, 0.3) is 5.78 Å². The van der Waals surface area contributed by atoms with Crippen molar-refractivity contribution in [1.82, 2.24) is 19.6 Å². The van der Waals surface area contributed by atoms with E-state index < -0.39 is 0 Å². The van der Waals surface area contributed by atoms with E-state index in [1.165, 1.54) is 22.7 Å². The molecule has 126 valence electrons. The maximum absolute atomic E-state index is 6.56. The van der Waals surface area contributed by atoms with Gasteiger partial charge in [-0.3, -0.25) is 0 Å². The van der Waals surface area contributed by atoms with Crippen LogP contribution in [-0.4, -0.2) is 19.6 Å². The zero-order valence-corrected chi connectivity index (χ0v) is 14.8. The first kappa shape index (κ1) is 15.8. The molecule has 2 aromatic carbocycles. The second-order valence-electron chi connectivity index (χ2n) is 6.02. The zero-order valence-electron chi connectivity index (χ0n) is 14.1. The Bertz CT molecular complexity index is 1060. The maximum atomic E-state index is 6.56. The molecular weight excluding hydrogens is 334 g/mol. The molecule has 1 N–H and O–H groups in total. The molecule has 0 radical (unpaired) electrons. The highest BCUT2D eigenvalue weighted by Crippen LogP contribution is 2.29. The quantitative estimate of drug-likeness (QED) is 0.580. The molecular formula is C19H18ClN5. The van der Waals surface area contributed by atoms with E-state index in [4.69, 9.17) is 11.6 Å². The molecule has 0 amide bonds. The number of halogens is 1. The summed E-state index contributed by atoms with van der Waals surface area (Å²) in [5.74, 6) is 1.27. The Kier molecular flexibility index (Phi) is 4.01. The van der Waals surface area contributed by atoms with Crippen LogP contribution in [0.3, 0.4) is 0 Å². The van der Waals surface area contributed by atoms with Gasteiger partial charge >= 0.3 is 0 Å². The Morgan fingerprint density at radius 1 is 1.16 bits per heavy atom. The lowest BCUT2D eigenvalue weighted by Gasteiger charge is -2.18. The normalized spacial score (nSPS) is 12.6. The molecule has 0 saturated heterocycles. The molecule has 4 rings (SSSR count). The minimum absolute atomic E-state index is 0.0570. The highest BCUT2D eigenvalue weighted by Gasteiger charge is 2.17. The fraction of sp³-hybridized carbons (Fsp3) is 0.211. The van der Waals surface area contributed by atoms with Gasteiger partial charge in [-0.05, 0) is 35.7 Å². The third-order valence-electron chi connectivity index (χ3n) is 4.40. The van der Waals surface area contributed by atoms with E-state index in [-0.39, 0.29) is 6.04 Å². The summed E-state index contributed by atoms with van der Waals surface area (Å²) >= 11 is 6.56. The first-order chi connectivity index (χ1) is 12.2. The summed E-state index contributed by atoms with van der Waals surface area (Å²) in [6.07, 6.45) is 2.23. The summed E-state index contributed by atoms with van der Waals surface area (Å²) in [4.78, 5) is 8.64. The highest BCUT2D eigenvalue weighted by molar-refractivity contribution is 6.33. The Labute approximate surface area is 150 Å². The summed E-state index contributed by atoms with van der Waals surface area (Å²) in [6.45, 7) is 4.13. The van der Waals surface area contributed by atoms with Gasteiger partial charge in [0.2, 0.25) is 0 Å². The molecule has 0 aliphatic rings. The predicted molar refractivity (Wildman–Crippen MR) is 101 cm³/mol. The molecule has 4 aromatic rings. The third-order valence-corrected chi connectivity index (χ3v) is 4.80. The molecule has 2 aromatic heterocycles. The van der Waals surface area contributed by atoms with Crippen molar-refractivity contribution in [2.45, 2.75) is 26.3 Å². The Morgan fingerprint density at radius 2 is 1.96 bits per heavy atom. The Balaban J connectivity index is 1.74. The zero-order chi connectivity index (χ0) is 17.4. The summed E-state index contributed by atoms with van der Waals surface area (Å²) in [7, 11) is 0. The van der Waals surface area contributed by atoms with Gasteiger partial charge in [0, 0.05) is 0 Å². The van der Waals surface area contributed by atoms with E-state index >= 15 is 0 Å². The fourth-order valence-electron chi connectivity index (χ4n) is 2.99. The van der Waals surface area contributed by atoms with E-state index in [2.05, 4.69) is 63.7 Å². The molecule has 0 fully saturated rings. The number of benzene rings is 2. The lowest BCUT2D eigenvalue weighted by molar-refractivity contribution is 0.834. The number of hydrogen-bond acceptors (Lipinski definition) is 4. The van der Waals surface area contributed by atoms with Gasteiger partial charge in [0.05, 0.1) is 11.7 Å². The minimum atomic E-state index is 0.0570. The monoisotopic (exact) mass is 351 g/mol. The van der Waals surface area contributed by atoms with Crippen molar-refractivity contribution in [3.05, 3.63) is 65.1 Å².